The maximum Gasteiger partial charge on any atom is 0.273 e. The van der Waals surface area contributed by atoms with Crippen LogP contribution in [0.3, 0.4) is 0 Å². The van der Waals surface area contributed by atoms with Crippen molar-refractivity contribution in [3.63, 3.8) is 0 Å². The Kier molecular flexibility index (Phi) is 5.69. The lowest BCUT2D eigenvalue weighted by atomic mass is 10.1. The lowest BCUT2D eigenvalue weighted by molar-refractivity contribution is -0.117. The summed E-state index contributed by atoms with van der Waals surface area (Å²) in [6, 6.07) is 8.75. The minimum atomic E-state index is -0.420. The van der Waals surface area contributed by atoms with Crippen LogP contribution in [0.1, 0.15) is 23.3 Å². The van der Waals surface area contributed by atoms with Gasteiger partial charge in [-0.05, 0) is 31.0 Å². The molecule has 1 saturated carbocycles. The number of anilines is 3. The molecule has 31 heavy (non-hydrogen) atoms. The van der Waals surface area contributed by atoms with Crippen molar-refractivity contribution in [2.75, 3.05) is 24.8 Å². The number of benzene rings is 1. The van der Waals surface area contributed by atoms with Gasteiger partial charge in [0.05, 0.1) is 24.0 Å². The summed E-state index contributed by atoms with van der Waals surface area (Å²) in [6.45, 7) is 0. The van der Waals surface area contributed by atoms with Gasteiger partial charge in [0, 0.05) is 31.4 Å². The maximum absolute atomic E-state index is 12.3. The van der Waals surface area contributed by atoms with Gasteiger partial charge in [-0.15, -0.1) is 10.2 Å². The van der Waals surface area contributed by atoms with Gasteiger partial charge in [-0.1, -0.05) is 6.07 Å². The first-order valence-corrected chi connectivity index (χ1v) is 9.72. The van der Waals surface area contributed by atoms with E-state index < -0.39 is 5.91 Å². The number of hydrogen-bond donors (Lipinski definition) is 3. The fourth-order valence-corrected chi connectivity index (χ4v) is 3.02. The second-order valence-corrected chi connectivity index (χ2v) is 6.92. The van der Waals surface area contributed by atoms with Crippen LogP contribution in [0, 0.1) is 5.92 Å². The second-order valence-electron chi connectivity index (χ2n) is 6.92. The predicted molar refractivity (Wildman–Crippen MR) is 114 cm³/mol. The SMILES string of the molecule is CNC(=O)c1nnc(NC(=O)C2CC2)cc1Nc1cccc(-c2ncccn2)c1OC. The van der Waals surface area contributed by atoms with Crippen molar-refractivity contribution in [3.8, 4) is 17.1 Å². The summed E-state index contributed by atoms with van der Waals surface area (Å²) in [6.07, 6.45) is 5.03. The first kappa shape index (κ1) is 20.2. The van der Waals surface area contributed by atoms with Gasteiger partial charge < -0.3 is 20.7 Å². The third-order valence-corrected chi connectivity index (χ3v) is 4.73. The molecule has 3 N–H and O–H groups in total. The van der Waals surface area contributed by atoms with E-state index in [4.69, 9.17) is 4.74 Å². The number of hydrogen-bond acceptors (Lipinski definition) is 8. The van der Waals surface area contributed by atoms with E-state index in [0.717, 1.165) is 12.8 Å². The molecule has 0 aliphatic heterocycles. The zero-order valence-corrected chi connectivity index (χ0v) is 17.0. The lowest BCUT2D eigenvalue weighted by Gasteiger charge is -2.16. The highest BCUT2D eigenvalue weighted by Crippen LogP contribution is 2.37. The summed E-state index contributed by atoms with van der Waals surface area (Å²) >= 11 is 0. The molecule has 1 aromatic carbocycles. The van der Waals surface area contributed by atoms with Gasteiger partial charge in [0.15, 0.2) is 23.1 Å². The van der Waals surface area contributed by atoms with Crippen LogP contribution >= 0.6 is 0 Å². The molecule has 0 radical (unpaired) electrons. The van der Waals surface area contributed by atoms with Gasteiger partial charge in [-0.3, -0.25) is 9.59 Å². The Bertz CT molecular complexity index is 1120. The molecular formula is C21H21N7O3. The molecule has 3 aromatic rings. The average molecular weight is 419 g/mol. The van der Waals surface area contributed by atoms with Gasteiger partial charge >= 0.3 is 0 Å². The summed E-state index contributed by atoms with van der Waals surface area (Å²) < 4.78 is 5.62. The number of methoxy groups -OCH3 is 1. The Balaban J connectivity index is 1.71. The molecule has 0 bridgehead atoms. The van der Waals surface area contributed by atoms with Crippen molar-refractivity contribution in [3.05, 3.63) is 48.4 Å². The standard InChI is InChI=1S/C21H21N7O3/c1-22-21(30)17-15(11-16(27-28-17)26-20(29)12-7-8-12)25-14-6-3-5-13(18(14)31-2)19-23-9-4-10-24-19/h3-6,9-12H,7-8H2,1-2H3,(H,22,30)(H2,25,26,27,29). The van der Waals surface area contributed by atoms with Crippen molar-refractivity contribution < 1.29 is 14.3 Å². The Labute approximate surface area is 178 Å². The van der Waals surface area contributed by atoms with Gasteiger partial charge in [-0.2, -0.15) is 0 Å². The molecule has 10 heteroatoms. The summed E-state index contributed by atoms with van der Waals surface area (Å²) in [5.74, 6) is 0.745. The van der Waals surface area contributed by atoms with E-state index in [-0.39, 0.29) is 23.3 Å². The van der Waals surface area contributed by atoms with Crippen LogP contribution in [-0.4, -0.2) is 46.1 Å². The zero-order valence-electron chi connectivity index (χ0n) is 17.0. The van der Waals surface area contributed by atoms with E-state index in [1.54, 1.807) is 37.7 Å². The minimum Gasteiger partial charge on any atom is -0.494 e. The van der Waals surface area contributed by atoms with Crippen LogP contribution in [0.4, 0.5) is 17.2 Å². The molecule has 1 fully saturated rings. The van der Waals surface area contributed by atoms with E-state index >= 15 is 0 Å². The molecule has 10 nitrogen and oxygen atoms in total. The highest BCUT2D eigenvalue weighted by Gasteiger charge is 2.30. The number of carbonyl (C=O) groups excluding carboxylic acids is 2. The molecule has 4 rings (SSSR count). The molecular weight excluding hydrogens is 398 g/mol. The fourth-order valence-electron chi connectivity index (χ4n) is 3.02. The van der Waals surface area contributed by atoms with Crippen LogP contribution in [-0.2, 0) is 4.79 Å². The predicted octanol–water partition coefficient (Wildman–Crippen LogP) is 2.39. The monoisotopic (exact) mass is 419 g/mol. The quantitative estimate of drug-likeness (QED) is 0.532. The number of nitrogens with zero attached hydrogens (tertiary/aromatic N) is 4. The molecule has 1 aliphatic rings. The Hall–Kier alpha value is -4.08. The molecule has 0 atom stereocenters. The first-order valence-electron chi connectivity index (χ1n) is 9.72. The summed E-state index contributed by atoms with van der Waals surface area (Å²) in [4.78, 5) is 33.0. The van der Waals surface area contributed by atoms with Gasteiger partial charge in [-0.25, -0.2) is 9.97 Å². The van der Waals surface area contributed by atoms with Crippen molar-refractivity contribution in [1.82, 2.24) is 25.5 Å². The number of para-hydroxylation sites is 1. The molecule has 2 heterocycles. The smallest absolute Gasteiger partial charge is 0.273 e. The van der Waals surface area contributed by atoms with E-state index in [2.05, 4.69) is 36.1 Å². The van der Waals surface area contributed by atoms with E-state index in [0.29, 0.717) is 28.5 Å². The molecule has 0 spiro atoms. The number of rotatable bonds is 7. The van der Waals surface area contributed by atoms with E-state index in [9.17, 15) is 9.59 Å². The lowest BCUT2D eigenvalue weighted by Crippen LogP contribution is -2.22. The molecule has 0 unspecified atom stereocenters. The van der Waals surface area contributed by atoms with Gasteiger partial charge in [0.1, 0.15) is 0 Å². The largest absolute Gasteiger partial charge is 0.494 e. The fraction of sp³-hybridized carbons (Fsp3) is 0.238. The van der Waals surface area contributed by atoms with Crippen LogP contribution in [0.2, 0.25) is 0 Å². The highest BCUT2D eigenvalue weighted by atomic mass is 16.5. The van der Waals surface area contributed by atoms with Crippen LogP contribution in [0.25, 0.3) is 11.4 Å². The topological polar surface area (TPSA) is 131 Å². The van der Waals surface area contributed by atoms with Gasteiger partial charge in [0.2, 0.25) is 5.91 Å². The average Bonchev–Trinajstić information content (AvgIpc) is 3.65. The number of aromatic nitrogens is 4. The third kappa shape index (κ3) is 4.42. The van der Waals surface area contributed by atoms with E-state index in [1.807, 2.05) is 12.1 Å². The Morgan fingerprint density at radius 1 is 1.06 bits per heavy atom. The number of carbonyl (C=O) groups is 2. The van der Waals surface area contributed by atoms with Crippen LogP contribution in [0.15, 0.2) is 42.7 Å². The molecule has 2 aromatic heterocycles. The second kappa shape index (κ2) is 8.74. The summed E-state index contributed by atoms with van der Waals surface area (Å²) in [5.41, 5.74) is 1.70. The maximum atomic E-state index is 12.3. The first-order chi connectivity index (χ1) is 15.1. The Morgan fingerprint density at radius 2 is 1.84 bits per heavy atom. The zero-order chi connectivity index (χ0) is 21.8. The van der Waals surface area contributed by atoms with Crippen molar-refractivity contribution in [2.24, 2.45) is 5.92 Å². The van der Waals surface area contributed by atoms with Crippen LogP contribution in [0.5, 0.6) is 5.75 Å². The summed E-state index contributed by atoms with van der Waals surface area (Å²) in [5, 5.41) is 16.5. The minimum absolute atomic E-state index is 0.0134. The third-order valence-electron chi connectivity index (χ3n) is 4.73. The van der Waals surface area contributed by atoms with Gasteiger partial charge in [0.25, 0.3) is 5.91 Å². The van der Waals surface area contributed by atoms with Crippen molar-refractivity contribution in [1.29, 1.82) is 0 Å². The molecule has 1 aliphatic carbocycles. The van der Waals surface area contributed by atoms with Crippen molar-refractivity contribution >= 4 is 29.0 Å². The number of amides is 2. The normalized spacial score (nSPS) is 12.7. The molecule has 0 saturated heterocycles. The van der Waals surface area contributed by atoms with Crippen LogP contribution < -0.4 is 20.7 Å². The molecule has 2 amide bonds. The number of ether oxygens (including phenoxy) is 1. The van der Waals surface area contributed by atoms with Crippen molar-refractivity contribution in [2.45, 2.75) is 12.8 Å². The highest BCUT2D eigenvalue weighted by molar-refractivity contribution is 6.00. The summed E-state index contributed by atoms with van der Waals surface area (Å²) in [7, 11) is 3.04. The molecule has 158 valence electrons. The Morgan fingerprint density at radius 3 is 2.52 bits per heavy atom. The number of nitrogens with one attached hydrogen (secondary N) is 3. The van der Waals surface area contributed by atoms with E-state index in [1.165, 1.54) is 7.05 Å².